The highest BCUT2D eigenvalue weighted by atomic mass is 127. The molecule has 0 N–H and O–H groups in total. The van der Waals surface area contributed by atoms with E-state index in [2.05, 4.69) is 49.4 Å². The third kappa shape index (κ3) is 2.41. The molecular weight excluding hydrogens is 291 g/mol. The van der Waals surface area contributed by atoms with Crippen LogP contribution in [0.25, 0.3) is 12.2 Å². The lowest BCUT2D eigenvalue weighted by molar-refractivity contribution is 0.415. The molecule has 0 aliphatic rings. The highest BCUT2D eigenvalue weighted by Crippen LogP contribution is 2.09. The molecule has 0 atom stereocenters. The van der Waals surface area contributed by atoms with Crippen LogP contribution in [0.3, 0.4) is 0 Å². The maximum Gasteiger partial charge on any atom is 0.214 e. The Bertz CT molecular complexity index is 420. The van der Waals surface area contributed by atoms with Gasteiger partial charge in [0.1, 0.15) is 0 Å². The van der Waals surface area contributed by atoms with Crippen molar-refractivity contribution in [2.24, 2.45) is 0 Å². The summed E-state index contributed by atoms with van der Waals surface area (Å²) in [6.07, 6.45) is 5.07. The SMILES string of the molecule is Ic1ccc(/C=C/c2ncon2)cc1. The molecule has 1 heterocycles. The Morgan fingerprint density at radius 1 is 1.14 bits per heavy atom. The molecule has 0 radical (unpaired) electrons. The third-order valence-corrected chi connectivity index (χ3v) is 2.39. The predicted molar refractivity (Wildman–Crippen MR) is 62.4 cm³/mol. The van der Waals surface area contributed by atoms with Gasteiger partial charge in [-0.15, -0.1) is 0 Å². The summed E-state index contributed by atoms with van der Waals surface area (Å²) in [4.78, 5) is 3.88. The largest absolute Gasteiger partial charge is 0.342 e. The minimum Gasteiger partial charge on any atom is -0.342 e. The van der Waals surface area contributed by atoms with Crippen molar-refractivity contribution in [3.05, 3.63) is 45.6 Å². The van der Waals surface area contributed by atoms with Gasteiger partial charge in [0.25, 0.3) is 0 Å². The maximum atomic E-state index is 4.61. The normalized spacial score (nSPS) is 10.9. The zero-order valence-electron chi connectivity index (χ0n) is 7.22. The number of halogens is 1. The Hall–Kier alpha value is -1.17. The number of hydrogen-bond acceptors (Lipinski definition) is 3. The van der Waals surface area contributed by atoms with Crippen LogP contribution in [0.4, 0.5) is 0 Å². The minimum absolute atomic E-state index is 0.587. The van der Waals surface area contributed by atoms with E-state index in [4.69, 9.17) is 0 Å². The van der Waals surface area contributed by atoms with E-state index in [1.165, 1.54) is 9.96 Å². The Balaban J connectivity index is 2.15. The van der Waals surface area contributed by atoms with Crippen molar-refractivity contribution in [2.45, 2.75) is 0 Å². The first-order valence-corrected chi connectivity index (χ1v) is 5.12. The van der Waals surface area contributed by atoms with Crippen LogP contribution in [0.15, 0.2) is 35.2 Å². The van der Waals surface area contributed by atoms with Gasteiger partial charge in [0.2, 0.25) is 6.39 Å². The van der Waals surface area contributed by atoms with Gasteiger partial charge >= 0.3 is 0 Å². The van der Waals surface area contributed by atoms with Crippen molar-refractivity contribution < 1.29 is 4.52 Å². The van der Waals surface area contributed by atoms with E-state index in [0.717, 1.165) is 5.56 Å². The van der Waals surface area contributed by atoms with Crippen LogP contribution in [0.1, 0.15) is 11.4 Å². The van der Waals surface area contributed by atoms with Crippen molar-refractivity contribution in [1.82, 2.24) is 10.1 Å². The second-order valence-corrected chi connectivity index (χ2v) is 3.92. The number of nitrogens with zero attached hydrogens (tertiary/aromatic N) is 2. The summed E-state index contributed by atoms with van der Waals surface area (Å²) in [7, 11) is 0. The fourth-order valence-corrected chi connectivity index (χ4v) is 1.36. The summed E-state index contributed by atoms with van der Waals surface area (Å²) < 4.78 is 5.83. The maximum absolute atomic E-state index is 4.61. The summed E-state index contributed by atoms with van der Waals surface area (Å²) in [5.41, 5.74) is 1.12. The molecule has 2 aromatic rings. The molecule has 14 heavy (non-hydrogen) atoms. The molecule has 0 unspecified atom stereocenters. The molecule has 0 fully saturated rings. The number of benzene rings is 1. The molecule has 1 aromatic heterocycles. The highest BCUT2D eigenvalue weighted by Gasteiger charge is 1.91. The van der Waals surface area contributed by atoms with Gasteiger partial charge in [0, 0.05) is 3.57 Å². The Labute approximate surface area is 95.0 Å². The Morgan fingerprint density at radius 2 is 1.93 bits per heavy atom. The molecular formula is C10H7IN2O. The van der Waals surface area contributed by atoms with Gasteiger partial charge in [0.15, 0.2) is 5.82 Å². The highest BCUT2D eigenvalue weighted by molar-refractivity contribution is 14.1. The van der Waals surface area contributed by atoms with E-state index < -0.39 is 0 Å². The van der Waals surface area contributed by atoms with Crippen molar-refractivity contribution in [3.8, 4) is 0 Å². The minimum atomic E-state index is 0.587. The number of hydrogen-bond donors (Lipinski definition) is 0. The number of aromatic nitrogens is 2. The summed E-state index contributed by atoms with van der Waals surface area (Å²) in [5.74, 6) is 0.587. The van der Waals surface area contributed by atoms with Crippen LogP contribution in [0.5, 0.6) is 0 Å². The standard InChI is InChI=1S/C10H7IN2O/c11-9-4-1-8(2-5-9)3-6-10-12-7-14-13-10/h1-7H/b6-3+. The molecule has 0 amide bonds. The second kappa shape index (κ2) is 4.36. The summed E-state index contributed by atoms with van der Waals surface area (Å²) in [6.45, 7) is 0. The Kier molecular flexibility index (Phi) is 2.93. The van der Waals surface area contributed by atoms with E-state index in [9.17, 15) is 0 Å². The van der Waals surface area contributed by atoms with Gasteiger partial charge in [-0.3, -0.25) is 0 Å². The zero-order chi connectivity index (χ0) is 9.80. The monoisotopic (exact) mass is 298 g/mol. The van der Waals surface area contributed by atoms with Crippen molar-refractivity contribution in [3.63, 3.8) is 0 Å². The van der Waals surface area contributed by atoms with E-state index in [1.54, 1.807) is 0 Å². The molecule has 2 rings (SSSR count). The molecule has 0 saturated carbocycles. The first-order valence-electron chi connectivity index (χ1n) is 4.04. The van der Waals surface area contributed by atoms with Crippen molar-refractivity contribution in [2.75, 3.05) is 0 Å². The van der Waals surface area contributed by atoms with Gasteiger partial charge < -0.3 is 4.52 Å². The summed E-state index contributed by atoms with van der Waals surface area (Å²) >= 11 is 2.27. The quantitative estimate of drug-likeness (QED) is 0.800. The molecule has 4 heteroatoms. The van der Waals surface area contributed by atoms with Gasteiger partial charge in [0.05, 0.1) is 0 Å². The van der Waals surface area contributed by atoms with E-state index >= 15 is 0 Å². The van der Waals surface area contributed by atoms with Crippen LogP contribution >= 0.6 is 22.6 Å². The van der Waals surface area contributed by atoms with Crippen LogP contribution in [0, 0.1) is 3.57 Å². The molecule has 0 aliphatic carbocycles. The van der Waals surface area contributed by atoms with Crippen LogP contribution in [-0.2, 0) is 0 Å². The summed E-state index contributed by atoms with van der Waals surface area (Å²) in [5, 5.41) is 3.67. The lowest BCUT2D eigenvalue weighted by Gasteiger charge is -1.91. The summed E-state index contributed by atoms with van der Waals surface area (Å²) in [6, 6.07) is 8.18. The van der Waals surface area contributed by atoms with E-state index in [0.29, 0.717) is 5.82 Å². The van der Waals surface area contributed by atoms with Crippen molar-refractivity contribution in [1.29, 1.82) is 0 Å². The van der Waals surface area contributed by atoms with Gasteiger partial charge in [-0.1, -0.05) is 23.4 Å². The van der Waals surface area contributed by atoms with E-state index in [-0.39, 0.29) is 0 Å². The smallest absolute Gasteiger partial charge is 0.214 e. The Morgan fingerprint density at radius 3 is 2.57 bits per heavy atom. The molecule has 3 nitrogen and oxygen atoms in total. The molecule has 0 aliphatic heterocycles. The average molecular weight is 298 g/mol. The molecule has 0 saturated heterocycles. The van der Waals surface area contributed by atoms with Gasteiger partial charge in [-0.2, -0.15) is 4.98 Å². The van der Waals surface area contributed by atoms with E-state index in [1.807, 2.05) is 24.3 Å². The molecule has 0 bridgehead atoms. The predicted octanol–water partition coefficient (Wildman–Crippen LogP) is 2.84. The first kappa shape index (κ1) is 9.39. The van der Waals surface area contributed by atoms with Crippen LogP contribution in [-0.4, -0.2) is 10.1 Å². The third-order valence-electron chi connectivity index (χ3n) is 1.67. The first-order chi connectivity index (χ1) is 6.84. The van der Waals surface area contributed by atoms with Gasteiger partial charge in [-0.05, 0) is 46.4 Å². The zero-order valence-corrected chi connectivity index (χ0v) is 9.38. The molecule has 0 spiro atoms. The second-order valence-electron chi connectivity index (χ2n) is 2.67. The molecule has 70 valence electrons. The molecule has 1 aromatic carbocycles. The lowest BCUT2D eigenvalue weighted by Crippen LogP contribution is -1.75. The van der Waals surface area contributed by atoms with Gasteiger partial charge in [-0.25, -0.2) is 0 Å². The van der Waals surface area contributed by atoms with Crippen LogP contribution in [0.2, 0.25) is 0 Å². The lowest BCUT2D eigenvalue weighted by atomic mass is 10.2. The van der Waals surface area contributed by atoms with Crippen LogP contribution < -0.4 is 0 Å². The topological polar surface area (TPSA) is 38.9 Å². The van der Waals surface area contributed by atoms with Crippen molar-refractivity contribution >= 4 is 34.7 Å². The fourth-order valence-electron chi connectivity index (χ4n) is 0.997. The average Bonchev–Trinajstić information content (AvgIpc) is 2.70. The number of rotatable bonds is 2. The fraction of sp³-hybridized carbons (Fsp3) is 0.